The van der Waals surface area contributed by atoms with E-state index in [1.54, 1.807) is 0 Å². The fourth-order valence-corrected chi connectivity index (χ4v) is 2.25. The summed E-state index contributed by atoms with van der Waals surface area (Å²) in [6.45, 7) is 0.715. The number of halogens is 3. The molecule has 8 nitrogen and oxygen atoms in total. The molecule has 4 amide bonds. The van der Waals surface area contributed by atoms with Crippen LogP contribution in [0.15, 0.2) is 48.5 Å². The molecule has 0 fully saturated rings. The lowest BCUT2D eigenvalue weighted by atomic mass is 10.2. The summed E-state index contributed by atoms with van der Waals surface area (Å²) >= 11 is 0. The monoisotopic (exact) mass is 422 g/mol. The molecule has 2 aromatic rings. The molecule has 30 heavy (non-hydrogen) atoms. The zero-order chi connectivity index (χ0) is 22.3. The van der Waals surface area contributed by atoms with Crippen molar-refractivity contribution in [3.05, 3.63) is 54.1 Å². The first kappa shape index (κ1) is 22.4. The molecule has 11 heteroatoms. The van der Waals surface area contributed by atoms with Crippen LogP contribution >= 0.6 is 0 Å². The van der Waals surface area contributed by atoms with Crippen LogP contribution < -0.4 is 21.3 Å². The van der Waals surface area contributed by atoms with E-state index in [4.69, 9.17) is 0 Å². The van der Waals surface area contributed by atoms with E-state index in [0.717, 1.165) is 18.2 Å². The molecule has 0 bridgehead atoms. The Balaban J connectivity index is 1.84. The first-order chi connectivity index (χ1) is 14.0. The van der Waals surface area contributed by atoms with Crippen LogP contribution in [0, 0.1) is 0 Å². The number of hydrogen-bond acceptors (Lipinski definition) is 4. The molecular weight excluding hydrogens is 405 g/mol. The minimum absolute atomic E-state index is 0.104. The van der Waals surface area contributed by atoms with Gasteiger partial charge < -0.3 is 21.3 Å². The highest BCUT2D eigenvalue weighted by atomic mass is 19.4. The molecule has 2 aromatic carbocycles. The van der Waals surface area contributed by atoms with Crippen molar-refractivity contribution in [2.45, 2.75) is 13.1 Å². The summed E-state index contributed by atoms with van der Waals surface area (Å²) in [4.78, 5) is 46.4. The number of anilines is 3. The Morgan fingerprint density at radius 2 is 1.40 bits per heavy atom. The number of carbonyl (C=O) groups is 4. The molecule has 4 N–H and O–H groups in total. The number of nitrogens with one attached hydrogen (secondary N) is 4. The Morgan fingerprint density at radius 3 is 1.97 bits per heavy atom. The van der Waals surface area contributed by atoms with Crippen LogP contribution in [0.2, 0.25) is 0 Å². The lowest BCUT2D eigenvalue weighted by Crippen LogP contribution is -2.39. The average Bonchev–Trinajstić information content (AvgIpc) is 2.66. The normalized spacial score (nSPS) is 10.7. The largest absolute Gasteiger partial charge is 0.416 e. The Hall–Kier alpha value is -3.89. The summed E-state index contributed by atoms with van der Waals surface area (Å²) in [6.07, 6.45) is -4.56. The first-order valence-corrected chi connectivity index (χ1v) is 8.48. The van der Waals surface area contributed by atoms with Crippen LogP contribution in [0.1, 0.15) is 12.5 Å². The average molecular weight is 422 g/mol. The van der Waals surface area contributed by atoms with E-state index >= 15 is 0 Å². The van der Waals surface area contributed by atoms with Gasteiger partial charge in [0, 0.05) is 24.0 Å². The smallest absolute Gasteiger partial charge is 0.339 e. The lowest BCUT2D eigenvalue weighted by Gasteiger charge is -2.10. The molecule has 0 aliphatic carbocycles. The Bertz CT molecular complexity index is 959. The van der Waals surface area contributed by atoms with E-state index in [2.05, 4.69) is 21.3 Å². The molecule has 0 atom stereocenters. The topological polar surface area (TPSA) is 116 Å². The summed E-state index contributed by atoms with van der Waals surface area (Å²) in [5, 5.41) is 9.10. The van der Waals surface area contributed by atoms with E-state index < -0.39 is 36.0 Å². The first-order valence-electron chi connectivity index (χ1n) is 8.48. The van der Waals surface area contributed by atoms with Gasteiger partial charge in [-0.3, -0.25) is 19.2 Å². The molecule has 2 rings (SSSR count). The zero-order valence-corrected chi connectivity index (χ0v) is 15.6. The third-order valence-electron chi connectivity index (χ3n) is 3.55. The Kier molecular flexibility index (Phi) is 7.13. The molecule has 158 valence electrons. The molecule has 0 aromatic heterocycles. The fraction of sp³-hybridized carbons (Fsp3) is 0.158. The fourth-order valence-electron chi connectivity index (χ4n) is 2.25. The maximum absolute atomic E-state index is 12.7. The van der Waals surface area contributed by atoms with Gasteiger partial charge in [0.25, 0.3) is 0 Å². The summed E-state index contributed by atoms with van der Waals surface area (Å²) in [5.74, 6) is -3.24. The summed E-state index contributed by atoms with van der Waals surface area (Å²) in [6, 6.07) is 9.91. The molecule has 0 saturated heterocycles. The lowest BCUT2D eigenvalue weighted by molar-refractivity contribution is -0.137. The van der Waals surface area contributed by atoms with Crippen LogP contribution in [0.25, 0.3) is 0 Å². The summed E-state index contributed by atoms with van der Waals surface area (Å²) in [7, 11) is 0. The van der Waals surface area contributed by atoms with Gasteiger partial charge in [-0.2, -0.15) is 13.2 Å². The van der Waals surface area contributed by atoms with Gasteiger partial charge >= 0.3 is 18.0 Å². The molecule has 0 heterocycles. The maximum Gasteiger partial charge on any atom is 0.416 e. The van der Waals surface area contributed by atoms with Crippen LogP contribution in [-0.2, 0) is 25.4 Å². The second-order valence-electron chi connectivity index (χ2n) is 6.02. The molecule has 0 unspecified atom stereocenters. The van der Waals surface area contributed by atoms with Gasteiger partial charge in [0.1, 0.15) is 0 Å². The van der Waals surface area contributed by atoms with Gasteiger partial charge in [0.2, 0.25) is 11.8 Å². The number of hydrogen-bond donors (Lipinski definition) is 4. The molecule has 0 saturated carbocycles. The van der Waals surface area contributed by atoms with E-state index in [0.29, 0.717) is 5.69 Å². The van der Waals surface area contributed by atoms with E-state index in [1.165, 1.54) is 37.3 Å². The van der Waals surface area contributed by atoms with Crippen LogP contribution in [0.3, 0.4) is 0 Å². The minimum Gasteiger partial charge on any atom is -0.339 e. The van der Waals surface area contributed by atoms with Crippen molar-refractivity contribution >= 4 is 40.7 Å². The zero-order valence-electron chi connectivity index (χ0n) is 15.6. The van der Waals surface area contributed by atoms with Crippen molar-refractivity contribution in [1.82, 2.24) is 5.32 Å². The standard InChI is InChI=1S/C19H17F3N4O4/c1-11(27)24-13-5-7-14(8-6-13)26-18(30)17(29)23-10-16(28)25-15-4-2-3-12(9-15)19(20,21)22/h2-9H,10H2,1H3,(H,23,29)(H,24,27)(H,25,28)(H,26,30). The Labute approximate surface area is 168 Å². The highest BCUT2D eigenvalue weighted by Gasteiger charge is 2.30. The highest BCUT2D eigenvalue weighted by Crippen LogP contribution is 2.30. The van der Waals surface area contributed by atoms with E-state index in [1.807, 2.05) is 0 Å². The van der Waals surface area contributed by atoms with Gasteiger partial charge in [-0.25, -0.2) is 0 Å². The number of benzene rings is 2. The van der Waals surface area contributed by atoms with Crippen molar-refractivity contribution in [3.63, 3.8) is 0 Å². The second-order valence-corrected chi connectivity index (χ2v) is 6.02. The van der Waals surface area contributed by atoms with Crippen molar-refractivity contribution in [2.75, 3.05) is 22.5 Å². The number of alkyl halides is 3. The predicted molar refractivity (Wildman–Crippen MR) is 102 cm³/mol. The van der Waals surface area contributed by atoms with Crippen LogP contribution in [-0.4, -0.2) is 30.2 Å². The quantitative estimate of drug-likeness (QED) is 0.554. The van der Waals surface area contributed by atoms with Crippen LogP contribution in [0.4, 0.5) is 30.2 Å². The van der Waals surface area contributed by atoms with Crippen molar-refractivity contribution in [3.8, 4) is 0 Å². The minimum atomic E-state index is -4.56. The number of rotatable bonds is 5. The van der Waals surface area contributed by atoms with Gasteiger partial charge in [-0.05, 0) is 42.5 Å². The van der Waals surface area contributed by atoms with Gasteiger partial charge in [-0.15, -0.1) is 0 Å². The highest BCUT2D eigenvalue weighted by molar-refractivity contribution is 6.39. The molecule has 0 radical (unpaired) electrons. The van der Waals surface area contributed by atoms with E-state index in [-0.39, 0.29) is 17.3 Å². The van der Waals surface area contributed by atoms with Gasteiger partial charge in [0.15, 0.2) is 0 Å². The third kappa shape index (κ3) is 6.93. The predicted octanol–water partition coefficient (Wildman–Crippen LogP) is 2.36. The van der Waals surface area contributed by atoms with Crippen molar-refractivity contribution < 1.29 is 32.3 Å². The number of amides is 4. The summed E-state index contributed by atoms with van der Waals surface area (Å²) < 4.78 is 38.0. The second kappa shape index (κ2) is 9.54. The molecular formula is C19H17F3N4O4. The van der Waals surface area contributed by atoms with Crippen molar-refractivity contribution in [2.24, 2.45) is 0 Å². The van der Waals surface area contributed by atoms with Crippen molar-refractivity contribution in [1.29, 1.82) is 0 Å². The molecule has 0 aliphatic heterocycles. The Morgan fingerprint density at radius 1 is 0.800 bits per heavy atom. The van der Waals surface area contributed by atoms with E-state index in [9.17, 15) is 32.3 Å². The summed E-state index contributed by atoms with van der Waals surface area (Å²) in [5.41, 5.74) is -0.269. The van der Waals surface area contributed by atoms with Gasteiger partial charge in [-0.1, -0.05) is 6.07 Å². The van der Waals surface area contributed by atoms with Crippen LogP contribution in [0.5, 0.6) is 0 Å². The third-order valence-corrected chi connectivity index (χ3v) is 3.55. The molecule has 0 aliphatic rings. The number of carbonyl (C=O) groups excluding carboxylic acids is 4. The molecule has 0 spiro atoms. The SMILES string of the molecule is CC(=O)Nc1ccc(NC(=O)C(=O)NCC(=O)Nc2cccc(C(F)(F)F)c2)cc1. The maximum atomic E-state index is 12.7. The van der Waals surface area contributed by atoms with Gasteiger partial charge in [0.05, 0.1) is 12.1 Å².